The van der Waals surface area contributed by atoms with E-state index in [0.29, 0.717) is 0 Å². The van der Waals surface area contributed by atoms with E-state index in [9.17, 15) is 0 Å². The molecule has 0 nitrogen and oxygen atoms in total. The van der Waals surface area contributed by atoms with Crippen molar-refractivity contribution in [2.75, 3.05) is 0 Å². The van der Waals surface area contributed by atoms with Crippen LogP contribution < -0.4 is 0 Å². The van der Waals surface area contributed by atoms with Crippen LogP contribution in [0.4, 0.5) is 0 Å². The molecule has 0 saturated heterocycles. The fourth-order valence-electron chi connectivity index (χ4n) is 4.74. The van der Waals surface area contributed by atoms with Crippen molar-refractivity contribution in [3.05, 3.63) is 176 Å². The van der Waals surface area contributed by atoms with Crippen molar-refractivity contribution in [3.8, 4) is 0 Å². The minimum Gasteiger partial charge on any atom is -0.0683 e. The molecule has 0 fully saturated rings. The zero-order chi connectivity index (χ0) is 39.0. The molecule has 0 spiro atoms. The normalized spacial score (nSPS) is 8.98. The molecule has 52 heavy (non-hydrogen) atoms. The summed E-state index contributed by atoms with van der Waals surface area (Å²) >= 11 is 0. The van der Waals surface area contributed by atoms with Crippen molar-refractivity contribution in [2.45, 2.75) is 142 Å². The topological polar surface area (TPSA) is 0 Å². The first-order chi connectivity index (χ1) is 24.5. The first-order valence-corrected chi connectivity index (χ1v) is 19.7. The van der Waals surface area contributed by atoms with E-state index in [0.717, 1.165) is 32.1 Å². The van der Waals surface area contributed by atoms with Gasteiger partial charge in [-0.3, -0.25) is 0 Å². The van der Waals surface area contributed by atoms with Crippen molar-refractivity contribution in [3.63, 3.8) is 0 Å². The van der Waals surface area contributed by atoms with Gasteiger partial charge in [-0.15, -0.1) is 0 Å². The van der Waals surface area contributed by atoms with Crippen LogP contribution in [0.25, 0.3) is 0 Å². The maximum Gasteiger partial charge on any atom is 0 e. The van der Waals surface area contributed by atoms with Gasteiger partial charge in [-0.05, 0) is 118 Å². The van der Waals surface area contributed by atoms with Gasteiger partial charge in [0.15, 0.2) is 0 Å². The van der Waals surface area contributed by atoms with Crippen LogP contribution in [0.1, 0.15) is 130 Å². The molecule has 5 aromatic carbocycles. The molecule has 284 valence electrons. The van der Waals surface area contributed by atoms with Crippen LogP contribution in [0.3, 0.4) is 0 Å². The summed E-state index contributed by atoms with van der Waals surface area (Å²) in [6.45, 7) is 32.0. The summed E-state index contributed by atoms with van der Waals surface area (Å²) in [6.07, 6.45) is 6.95. The zero-order valence-electron chi connectivity index (χ0n) is 36.2. The van der Waals surface area contributed by atoms with E-state index in [4.69, 9.17) is 0 Å². The summed E-state index contributed by atoms with van der Waals surface area (Å²) in [5.74, 6) is 0. The predicted octanol–water partition coefficient (Wildman–Crippen LogP) is 15.5. The van der Waals surface area contributed by atoms with Crippen LogP contribution in [-0.2, 0) is 32.1 Å². The van der Waals surface area contributed by atoms with Crippen LogP contribution in [0.15, 0.2) is 115 Å². The molecule has 5 aromatic rings. The molecule has 1 heteroatoms. The Morgan fingerprint density at radius 3 is 1.15 bits per heavy atom. The van der Waals surface area contributed by atoms with Crippen molar-refractivity contribution >= 4 is 0 Å². The third-order valence-corrected chi connectivity index (χ3v) is 8.13. The van der Waals surface area contributed by atoms with E-state index < -0.39 is 0 Å². The fourth-order valence-corrected chi connectivity index (χ4v) is 4.74. The van der Waals surface area contributed by atoms with Crippen molar-refractivity contribution in [1.29, 1.82) is 0 Å². The molecule has 0 aliphatic heterocycles. The number of hydrogen-bond acceptors (Lipinski definition) is 0. The van der Waals surface area contributed by atoms with Gasteiger partial charge in [0.1, 0.15) is 0 Å². The molecule has 5 rings (SSSR count). The maximum absolute atomic E-state index is 2.26. The molecule has 0 aliphatic rings. The van der Waals surface area contributed by atoms with Gasteiger partial charge in [0, 0.05) is 31.1 Å². The summed E-state index contributed by atoms with van der Waals surface area (Å²) in [4.78, 5) is 0. The summed E-state index contributed by atoms with van der Waals surface area (Å²) < 4.78 is 0. The van der Waals surface area contributed by atoms with E-state index in [1.54, 1.807) is 0 Å². The van der Waals surface area contributed by atoms with Gasteiger partial charge < -0.3 is 0 Å². The first kappa shape index (κ1) is 53.5. The van der Waals surface area contributed by atoms with E-state index in [2.05, 4.69) is 199 Å². The third kappa shape index (κ3) is 26.9. The zero-order valence-corrected chi connectivity index (χ0v) is 40.4. The molecule has 0 radical (unpaired) electrons. The summed E-state index contributed by atoms with van der Waals surface area (Å²) in [5, 5.41) is 0. The Morgan fingerprint density at radius 1 is 0.327 bits per heavy atom. The Balaban J connectivity index is -0.000000557. The fraction of sp³-hybridized carbons (Fsp3) is 0.412. The average Bonchev–Trinajstić information content (AvgIpc) is 3.15. The van der Waals surface area contributed by atoms with Crippen LogP contribution in [0, 0.1) is 72.7 Å². The molecular weight excluding hydrogens is 851 g/mol. The smallest absolute Gasteiger partial charge is 0 e. The largest absolute Gasteiger partial charge is 0.0683 e. The summed E-state index contributed by atoms with van der Waals surface area (Å²) in [6, 6.07) is 41.0. The summed E-state index contributed by atoms with van der Waals surface area (Å²) in [7, 11) is 0. The maximum atomic E-state index is 2.26. The summed E-state index contributed by atoms with van der Waals surface area (Å²) in [5.41, 5.74) is 15.4. The van der Waals surface area contributed by atoms with Crippen molar-refractivity contribution in [2.24, 2.45) is 0 Å². The second-order valence-corrected chi connectivity index (χ2v) is 12.8. The first-order valence-electron chi connectivity index (χ1n) is 19.7. The van der Waals surface area contributed by atoms with Crippen LogP contribution >= 0.6 is 0 Å². The number of hydrogen-bond donors (Lipinski definition) is 0. The van der Waals surface area contributed by atoms with Crippen LogP contribution in [0.2, 0.25) is 0 Å². The van der Waals surface area contributed by atoms with E-state index in [-0.39, 0.29) is 31.1 Å². The molecule has 0 bridgehead atoms. The average molecular weight is 927 g/mol. The van der Waals surface area contributed by atoms with E-state index >= 15 is 0 Å². The quantitative estimate of drug-likeness (QED) is 0.165. The van der Waals surface area contributed by atoms with Crippen molar-refractivity contribution in [1.82, 2.24) is 0 Å². The predicted molar refractivity (Wildman–Crippen MR) is 235 cm³/mol. The Kier molecular flexibility index (Phi) is 36.2. The molecule has 0 saturated carbocycles. The molecule has 0 aromatic heterocycles. The Bertz CT molecular complexity index is 1510. The minimum absolute atomic E-state index is 0. The molecular formula is C51H76U. The monoisotopic (exact) mass is 927 g/mol. The standard InChI is InChI=1S/2C10H14.2C9H12.C8H10.C3H8.C2H6.U/c1-4-10-6-5-8(2)9(3)7-10;1-4-10-6-5-8(2)7-9(10)3;1-3-9-6-4-8(2)5-7-9;1-3-9-6-4-5-8(2)7-9;1-2-8-6-4-3-5-7-8;1-3-2;1-2;/h2*5-7H,4H2,1-3H3;2*4-7H,3H2,1-2H3;3-7H,2H2,1H3;3H2,1-2H3;1-2H3;. The second kappa shape index (κ2) is 35.2. The molecule has 0 aliphatic carbocycles. The van der Waals surface area contributed by atoms with Gasteiger partial charge in [-0.25, -0.2) is 0 Å². The molecule has 0 unspecified atom stereocenters. The van der Waals surface area contributed by atoms with E-state index in [1.165, 1.54) is 67.6 Å². The van der Waals surface area contributed by atoms with Gasteiger partial charge in [0.25, 0.3) is 0 Å². The van der Waals surface area contributed by atoms with Crippen molar-refractivity contribution < 1.29 is 31.1 Å². The van der Waals surface area contributed by atoms with Gasteiger partial charge in [-0.1, -0.05) is 201 Å². The molecule has 0 heterocycles. The second-order valence-electron chi connectivity index (χ2n) is 12.8. The molecule has 0 atom stereocenters. The van der Waals surface area contributed by atoms with Crippen LogP contribution in [-0.4, -0.2) is 0 Å². The molecule has 0 N–H and O–H groups in total. The Morgan fingerprint density at radius 2 is 0.750 bits per heavy atom. The Hall–Kier alpha value is -2.85. The number of rotatable bonds is 5. The van der Waals surface area contributed by atoms with Gasteiger partial charge in [0.05, 0.1) is 0 Å². The van der Waals surface area contributed by atoms with Gasteiger partial charge >= 0.3 is 0 Å². The van der Waals surface area contributed by atoms with Gasteiger partial charge in [-0.2, -0.15) is 0 Å². The van der Waals surface area contributed by atoms with Crippen LogP contribution in [0.5, 0.6) is 0 Å². The minimum atomic E-state index is 0. The van der Waals surface area contributed by atoms with Gasteiger partial charge in [0.2, 0.25) is 0 Å². The third-order valence-electron chi connectivity index (χ3n) is 8.13. The van der Waals surface area contributed by atoms with E-state index in [1.807, 2.05) is 19.9 Å². The number of benzene rings is 5. The SMILES string of the molecule is CC.CCC.CCc1ccc(C)c(C)c1.CCc1ccc(C)cc1.CCc1ccc(C)cc1C.CCc1cccc(C)c1.CCc1ccccc1.[U]. The molecule has 0 amide bonds. The number of aryl methyl sites for hydroxylation is 11. The Labute approximate surface area is 347 Å².